The molecule has 0 aliphatic heterocycles. The fourth-order valence-electron chi connectivity index (χ4n) is 1.63. The van der Waals surface area contributed by atoms with Gasteiger partial charge in [-0.3, -0.25) is 9.59 Å². The standard InChI is InChI=1S/C15H21NO4/c1-2-4-14(17)16-11-12-6-8-13(9-7-12)20-10-3-5-15(18)19/h6-9H,2-5,10-11H2,1H3,(H,16,17)(H,18,19). The van der Waals surface area contributed by atoms with Gasteiger partial charge in [0, 0.05) is 19.4 Å². The van der Waals surface area contributed by atoms with E-state index in [1.807, 2.05) is 31.2 Å². The van der Waals surface area contributed by atoms with Gasteiger partial charge in [0.1, 0.15) is 5.75 Å². The van der Waals surface area contributed by atoms with Crippen LogP contribution in [0.15, 0.2) is 24.3 Å². The Bertz CT molecular complexity index is 428. The van der Waals surface area contributed by atoms with E-state index < -0.39 is 5.97 Å². The number of carbonyl (C=O) groups excluding carboxylic acids is 1. The predicted molar refractivity (Wildman–Crippen MR) is 75.6 cm³/mol. The first-order valence-corrected chi connectivity index (χ1v) is 6.82. The fourth-order valence-corrected chi connectivity index (χ4v) is 1.63. The monoisotopic (exact) mass is 279 g/mol. The summed E-state index contributed by atoms with van der Waals surface area (Å²) >= 11 is 0. The lowest BCUT2D eigenvalue weighted by Crippen LogP contribution is -2.21. The van der Waals surface area contributed by atoms with Gasteiger partial charge in [-0.25, -0.2) is 0 Å². The first kappa shape index (κ1) is 16.0. The van der Waals surface area contributed by atoms with Gasteiger partial charge in [-0.2, -0.15) is 0 Å². The molecule has 0 aliphatic rings. The average Bonchev–Trinajstić information content (AvgIpc) is 2.43. The van der Waals surface area contributed by atoms with E-state index in [2.05, 4.69) is 5.32 Å². The van der Waals surface area contributed by atoms with E-state index in [0.29, 0.717) is 31.7 Å². The summed E-state index contributed by atoms with van der Waals surface area (Å²) in [6.45, 7) is 2.87. The fraction of sp³-hybridized carbons (Fsp3) is 0.467. The lowest BCUT2D eigenvalue weighted by molar-refractivity contribution is -0.137. The van der Waals surface area contributed by atoms with Crippen molar-refractivity contribution in [1.29, 1.82) is 0 Å². The second-order valence-corrected chi connectivity index (χ2v) is 4.52. The Morgan fingerprint density at radius 2 is 1.90 bits per heavy atom. The summed E-state index contributed by atoms with van der Waals surface area (Å²) in [4.78, 5) is 21.7. The molecule has 0 fully saturated rings. The van der Waals surface area contributed by atoms with E-state index in [9.17, 15) is 9.59 Å². The largest absolute Gasteiger partial charge is 0.494 e. The SMILES string of the molecule is CCCC(=O)NCc1ccc(OCCCC(=O)O)cc1. The van der Waals surface area contributed by atoms with Crippen LogP contribution in [0.2, 0.25) is 0 Å². The zero-order valence-electron chi connectivity index (χ0n) is 11.7. The number of aliphatic carboxylic acids is 1. The zero-order valence-corrected chi connectivity index (χ0v) is 11.7. The summed E-state index contributed by atoms with van der Waals surface area (Å²) in [6, 6.07) is 7.42. The number of benzene rings is 1. The minimum Gasteiger partial charge on any atom is -0.494 e. The molecular weight excluding hydrogens is 258 g/mol. The smallest absolute Gasteiger partial charge is 0.303 e. The zero-order chi connectivity index (χ0) is 14.8. The molecule has 0 unspecified atom stereocenters. The Hall–Kier alpha value is -2.04. The van der Waals surface area contributed by atoms with Crippen LogP contribution < -0.4 is 10.1 Å². The minimum absolute atomic E-state index is 0.0569. The number of hydrogen-bond donors (Lipinski definition) is 2. The lowest BCUT2D eigenvalue weighted by Gasteiger charge is -2.07. The summed E-state index contributed by atoms with van der Waals surface area (Å²) in [5, 5.41) is 11.3. The third-order valence-electron chi connectivity index (χ3n) is 2.69. The van der Waals surface area contributed by atoms with Crippen molar-refractivity contribution >= 4 is 11.9 Å². The van der Waals surface area contributed by atoms with Gasteiger partial charge in [0.25, 0.3) is 0 Å². The van der Waals surface area contributed by atoms with E-state index in [1.165, 1.54) is 0 Å². The van der Waals surface area contributed by atoms with Crippen molar-refractivity contribution in [3.63, 3.8) is 0 Å². The van der Waals surface area contributed by atoms with Crippen molar-refractivity contribution in [2.45, 2.75) is 39.2 Å². The van der Waals surface area contributed by atoms with Gasteiger partial charge in [-0.1, -0.05) is 19.1 Å². The van der Waals surface area contributed by atoms with E-state index in [1.54, 1.807) is 0 Å². The number of carboxylic acid groups (broad SMARTS) is 1. The van der Waals surface area contributed by atoms with Gasteiger partial charge >= 0.3 is 5.97 Å². The molecule has 0 aliphatic carbocycles. The van der Waals surface area contributed by atoms with E-state index in [0.717, 1.165) is 12.0 Å². The summed E-state index contributed by atoms with van der Waals surface area (Å²) in [5.41, 5.74) is 1.01. The predicted octanol–water partition coefficient (Wildman–Crippen LogP) is 2.35. The highest BCUT2D eigenvalue weighted by Crippen LogP contribution is 2.12. The third-order valence-corrected chi connectivity index (χ3v) is 2.69. The molecule has 0 saturated heterocycles. The highest BCUT2D eigenvalue weighted by atomic mass is 16.5. The molecule has 1 rings (SSSR count). The van der Waals surface area contributed by atoms with E-state index >= 15 is 0 Å². The summed E-state index contributed by atoms with van der Waals surface area (Å²) in [6.07, 6.45) is 1.99. The molecule has 110 valence electrons. The van der Waals surface area contributed by atoms with Crippen LogP contribution in [-0.2, 0) is 16.1 Å². The minimum atomic E-state index is -0.813. The van der Waals surface area contributed by atoms with Gasteiger partial charge in [-0.05, 0) is 30.5 Å². The van der Waals surface area contributed by atoms with Gasteiger partial charge in [0.05, 0.1) is 6.61 Å². The highest BCUT2D eigenvalue weighted by molar-refractivity contribution is 5.75. The quantitative estimate of drug-likeness (QED) is 0.680. The van der Waals surface area contributed by atoms with Crippen molar-refractivity contribution in [2.75, 3.05) is 6.61 Å². The number of rotatable bonds is 9. The summed E-state index contributed by atoms with van der Waals surface area (Å²) in [7, 11) is 0. The van der Waals surface area contributed by atoms with E-state index in [-0.39, 0.29) is 12.3 Å². The maximum absolute atomic E-state index is 11.3. The Morgan fingerprint density at radius 3 is 2.50 bits per heavy atom. The van der Waals surface area contributed by atoms with Gasteiger partial charge in [-0.15, -0.1) is 0 Å². The normalized spacial score (nSPS) is 10.1. The molecular formula is C15H21NO4. The second kappa shape index (κ2) is 8.96. The van der Waals surface area contributed by atoms with Crippen LogP contribution in [0.25, 0.3) is 0 Å². The van der Waals surface area contributed by atoms with Crippen LogP contribution in [-0.4, -0.2) is 23.6 Å². The third kappa shape index (κ3) is 6.78. The van der Waals surface area contributed by atoms with Crippen molar-refractivity contribution in [3.05, 3.63) is 29.8 Å². The van der Waals surface area contributed by atoms with Crippen molar-refractivity contribution in [2.24, 2.45) is 0 Å². The van der Waals surface area contributed by atoms with Crippen LogP contribution in [0, 0.1) is 0 Å². The van der Waals surface area contributed by atoms with Crippen LogP contribution >= 0.6 is 0 Å². The van der Waals surface area contributed by atoms with Gasteiger partial charge in [0.15, 0.2) is 0 Å². The number of nitrogens with one attached hydrogen (secondary N) is 1. The van der Waals surface area contributed by atoms with E-state index in [4.69, 9.17) is 9.84 Å². The number of amides is 1. The molecule has 0 heterocycles. The average molecular weight is 279 g/mol. The molecule has 0 aromatic heterocycles. The molecule has 0 bridgehead atoms. The molecule has 1 aromatic carbocycles. The maximum Gasteiger partial charge on any atom is 0.303 e. The van der Waals surface area contributed by atoms with Crippen molar-refractivity contribution in [3.8, 4) is 5.75 Å². The number of carbonyl (C=O) groups is 2. The van der Waals surface area contributed by atoms with Crippen molar-refractivity contribution < 1.29 is 19.4 Å². The molecule has 20 heavy (non-hydrogen) atoms. The number of carboxylic acids is 1. The maximum atomic E-state index is 11.3. The molecule has 0 atom stereocenters. The molecule has 0 spiro atoms. The molecule has 0 radical (unpaired) electrons. The number of hydrogen-bond acceptors (Lipinski definition) is 3. The second-order valence-electron chi connectivity index (χ2n) is 4.52. The first-order valence-electron chi connectivity index (χ1n) is 6.82. The van der Waals surface area contributed by atoms with Crippen LogP contribution in [0.4, 0.5) is 0 Å². The molecule has 5 heteroatoms. The Balaban J connectivity index is 2.29. The van der Waals surface area contributed by atoms with Gasteiger partial charge in [0.2, 0.25) is 5.91 Å². The Kier molecular flexibility index (Phi) is 7.17. The summed E-state index contributed by atoms with van der Waals surface area (Å²) in [5.74, 6) is -0.0488. The first-order chi connectivity index (χ1) is 9.61. The van der Waals surface area contributed by atoms with Crippen LogP contribution in [0.3, 0.4) is 0 Å². The number of ether oxygens (including phenoxy) is 1. The Morgan fingerprint density at radius 1 is 1.20 bits per heavy atom. The lowest BCUT2D eigenvalue weighted by atomic mass is 10.2. The molecule has 1 aromatic rings. The molecule has 2 N–H and O–H groups in total. The van der Waals surface area contributed by atoms with Crippen LogP contribution in [0.1, 0.15) is 38.2 Å². The topological polar surface area (TPSA) is 75.6 Å². The van der Waals surface area contributed by atoms with Crippen LogP contribution in [0.5, 0.6) is 5.75 Å². The highest BCUT2D eigenvalue weighted by Gasteiger charge is 2.01. The van der Waals surface area contributed by atoms with Crippen molar-refractivity contribution in [1.82, 2.24) is 5.32 Å². The van der Waals surface area contributed by atoms with Gasteiger partial charge < -0.3 is 15.2 Å². The summed E-state index contributed by atoms with van der Waals surface area (Å²) < 4.78 is 5.42. The molecule has 1 amide bonds. The molecule has 5 nitrogen and oxygen atoms in total. The Labute approximate surface area is 118 Å². The molecule has 0 saturated carbocycles.